The molecule has 90 valence electrons. The summed E-state index contributed by atoms with van der Waals surface area (Å²) in [5.74, 6) is 0.809. The van der Waals surface area contributed by atoms with E-state index in [0.717, 1.165) is 5.92 Å². The minimum absolute atomic E-state index is 0.535. The molecule has 0 spiro atoms. The second-order valence-corrected chi connectivity index (χ2v) is 7.07. The van der Waals surface area contributed by atoms with Crippen LogP contribution in [0.1, 0.15) is 40.5 Å². The fraction of sp³-hybridized carbons (Fsp3) is 1.00. The first-order valence-electron chi connectivity index (χ1n) is 6.10. The van der Waals surface area contributed by atoms with Crippen LogP contribution in [0.2, 0.25) is 5.54 Å². The fourth-order valence-corrected chi connectivity index (χ4v) is 5.82. The van der Waals surface area contributed by atoms with Gasteiger partial charge >= 0.3 is 8.80 Å². The average molecular weight is 232 g/mol. The molecule has 0 atom stereocenters. The zero-order chi connectivity index (χ0) is 11.3. The molecule has 0 heterocycles. The molecule has 3 nitrogen and oxygen atoms in total. The van der Waals surface area contributed by atoms with Crippen molar-refractivity contribution in [1.29, 1.82) is 0 Å². The third-order valence-electron chi connectivity index (χ3n) is 2.91. The highest BCUT2D eigenvalue weighted by molar-refractivity contribution is 6.62. The predicted molar refractivity (Wildman–Crippen MR) is 62.8 cm³/mol. The maximum Gasteiger partial charge on any atom is 0.504 e. The van der Waals surface area contributed by atoms with Crippen LogP contribution in [0.4, 0.5) is 0 Å². The Balaban J connectivity index is 2.62. The topological polar surface area (TPSA) is 27.7 Å². The molecular weight excluding hydrogens is 208 g/mol. The van der Waals surface area contributed by atoms with Crippen LogP contribution < -0.4 is 0 Å². The molecular formula is C11H24O3Si. The summed E-state index contributed by atoms with van der Waals surface area (Å²) in [4.78, 5) is 0. The van der Waals surface area contributed by atoms with Crippen molar-refractivity contribution in [1.82, 2.24) is 0 Å². The molecule has 0 N–H and O–H groups in total. The van der Waals surface area contributed by atoms with Gasteiger partial charge in [0.25, 0.3) is 0 Å². The van der Waals surface area contributed by atoms with Gasteiger partial charge in [0.05, 0.1) is 0 Å². The smallest absolute Gasteiger partial charge is 0.374 e. The van der Waals surface area contributed by atoms with E-state index < -0.39 is 8.80 Å². The van der Waals surface area contributed by atoms with Crippen molar-refractivity contribution in [2.75, 3.05) is 19.8 Å². The summed E-state index contributed by atoms with van der Waals surface area (Å²) in [6.45, 7) is 10.4. The molecule has 0 aromatic rings. The fourth-order valence-electron chi connectivity index (χ4n) is 2.27. The van der Waals surface area contributed by atoms with E-state index in [1.165, 1.54) is 12.8 Å². The van der Waals surface area contributed by atoms with Gasteiger partial charge in [-0.15, -0.1) is 0 Å². The summed E-state index contributed by atoms with van der Waals surface area (Å²) in [7, 11) is -2.35. The van der Waals surface area contributed by atoms with Crippen LogP contribution >= 0.6 is 0 Å². The molecule has 1 aliphatic rings. The van der Waals surface area contributed by atoms with Crippen molar-refractivity contribution in [3.63, 3.8) is 0 Å². The van der Waals surface area contributed by atoms with Crippen molar-refractivity contribution in [3.05, 3.63) is 0 Å². The molecule has 0 radical (unpaired) electrons. The first-order valence-corrected chi connectivity index (χ1v) is 7.90. The molecule has 0 saturated heterocycles. The van der Waals surface area contributed by atoms with Crippen LogP contribution in [0.3, 0.4) is 0 Å². The molecule has 1 saturated carbocycles. The zero-order valence-corrected chi connectivity index (χ0v) is 11.4. The lowest BCUT2D eigenvalue weighted by Crippen LogP contribution is -2.53. The molecule has 0 aliphatic heterocycles. The van der Waals surface area contributed by atoms with Gasteiger partial charge in [-0.1, -0.05) is 6.92 Å². The molecule has 4 heteroatoms. The van der Waals surface area contributed by atoms with Crippen LogP contribution in [0.5, 0.6) is 0 Å². The van der Waals surface area contributed by atoms with E-state index in [1.807, 2.05) is 20.8 Å². The Hall–Kier alpha value is 0.0969. The van der Waals surface area contributed by atoms with E-state index in [0.29, 0.717) is 25.4 Å². The lowest BCUT2D eigenvalue weighted by atomic mass is 9.87. The van der Waals surface area contributed by atoms with Crippen molar-refractivity contribution in [2.24, 2.45) is 5.92 Å². The third-order valence-corrected chi connectivity index (χ3v) is 6.45. The van der Waals surface area contributed by atoms with Gasteiger partial charge in [-0.05, 0) is 39.5 Å². The lowest BCUT2D eigenvalue weighted by molar-refractivity contribution is 0.0436. The van der Waals surface area contributed by atoms with Crippen LogP contribution in [0.15, 0.2) is 0 Å². The van der Waals surface area contributed by atoms with Gasteiger partial charge in [-0.3, -0.25) is 0 Å². The Morgan fingerprint density at radius 2 is 1.33 bits per heavy atom. The van der Waals surface area contributed by atoms with Gasteiger partial charge < -0.3 is 13.3 Å². The molecule has 0 bridgehead atoms. The Morgan fingerprint density at radius 3 is 1.60 bits per heavy atom. The molecule has 0 unspecified atom stereocenters. The molecule has 15 heavy (non-hydrogen) atoms. The first-order chi connectivity index (χ1) is 7.18. The summed E-state index contributed by atoms with van der Waals surface area (Å²) in [6.07, 6.45) is 2.40. The predicted octanol–water partition coefficient (Wildman–Crippen LogP) is 2.83. The molecule has 1 aliphatic carbocycles. The van der Waals surface area contributed by atoms with E-state index in [9.17, 15) is 0 Å². The largest absolute Gasteiger partial charge is 0.504 e. The average Bonchev–Trinajstić information content (AvgIpc) is 2.14. The maximum absolute atomic E-state index is 5.86. The highest BCUT2D eigenvalue weighted by Gasteiger charge is 2.53. The van der Waals surface area contributed by atoms with Crippen LogP contribution in [0.25, 0.3) is 0 Å². The molecule has 0 aromatic carbocycles. The molecule has 1 fully saturated rings. The maximum atomic E-state index is 5.86. The van der Waals surface area contributed by atoms with Crippen molar-refractivity contribution >= 4 is 8.80 Å². The van der Waals surface area contributed by atoms with Gasteiger partial charge in [0, 0.05) is 25.4 Å². The second-order valence-electron chi connectivity index (χ2n) is 4.18. The lowest BCUT2D eigenvalue weighted by Gasteiger charge is -2.43. The normalized spacial score (nSPS) is 26.4. The second kappa shape index (κ2) is 5.99. The van der Waals surface area contributed by atoms with Crippen molar-refractivity contribution in [2.45, 2.75) is 46.1 Å². The van der Waals surface area contributed by atoms with Gasteiger partial charge in [0.15, 0.2) is 0 Å². The molecule has 0 amide bonds. The van der Waals surface area contributed by atoms with Crippen LogP contribution in [-0.2, 0) is 13.3 Å². The van der Waals surface area contributed by atoms with Crippen LogP contribution in [-0.4, -0.2) is 28.6 Å². The van der Waals surface area contributed by atoms with Gasteiger partial charge in [-0.25, -0.2) is 0 Å². The van der Waals surface area contributed by atoms with Crippen molar-refractivity contribution in [3.8, 4) is 0 Å². The number of hydrogen-bond donors (Lipinski definition) is 0. The molecule has 1 rings (SSSR count). The third kappa shape index (κ3) is 3.03. The Morgan fingerprint density at radius 1 is 0.933 bits per heavy atom. The summed E-state index contributed by atoms with van der Waals surface area (Å²) < 4.78 is 17.6. The summed E-state index contributed by atoms with van der Waals surface area (Å²) >= 11 is 0. The number of hydrogen-bond acceptors (Lipinski definition) is 3. The Labute approximate surface area is 94.5 Å². The van der Waals surface area contributed by atoms with Gasteiger partial charge in [-0.2, -0.15) is 0 Å². The minimum atomic E-state index is -2.35. The number of rotatable bonds is 7. The summed E-state index contributed by atoms with van der Waals surface area (Å²) in [5.41, 5.74) is 0.535. The molecule has 0 aromatic heterocycles. The summed E-state index contributed by atoms with van der Waals surface area (Å²) in [5, 5.41) is 0. The zero-order valence-electron chi connectivity index (χ0n) is 10.4. The Bertz CT molecular complexity index is 164. The van der Waals surface area contributed by atoms with Crippen molar-refractivity contribution < 1.29 is 13.3 Å². The highest BCUT2D eigenvalue weighted by Crippen LogP contribution is 2.46. The monoisotopic (exact) mass is 232 g/mol. The van der Waals surface area contributed by atoms with Crippen LogP contribution in [0, 0.1) is 5.92 Å². The van der Waals surface area contributed by atoms with E-state index in [4.69, 9.17) is 13.3 Å². The summed E-state index contributed by atoms with van der Waals surface area (Å²) in [6, 6.07) is 0. The standard InChI is InChI=1S/C11H24O3Si/c1-5-12-15(13-6-2,14-7-3)11-8-10(4)9-11/h10-11H,5-9H2,1-4H3. The van der Waals surface area contributed by atoms with E-state index >= 15 is 0 Å². The van der Waals surface area contributed by atoms with Gasteiger partial charge in [0.1, 0.15) is 0 Å². The first kappa shape index (κ1) is 13.2. The van der Waals surface area contributed by atoms with E-state index in [-0.39, 0.29) is 0 Å². The highest BCUT2D eigenvalue weighted by atomic mass is 28.4. The minimum Gasteiger partial charge on any atom is -0.374 e. The Kier molecular flexibility index (Phi) is 5.25. The quantitative estimate of drug-likeness (QED) is 0.632. The van der Waals surface area contributed by atoms with E-state index in [2.05, 4.69) is 6.92 Å². The van der Waals surface area contributed by atoms with Gasteiger partial charge in [0.2, 0.25) is 0 Å². The van der Waals surface area contributed by atoms with E-state index in [1.54, 1.807) is 0 Å². The SMILES string of the molecule is CCO[Si](OCC)(OCC)C1CC(C)C1.